The number of halogens is 1. The van der Waals surface area contributed by atoms with Gasteiger partial charge in [-0.2, -0.15) is 0 Å². The molecule has 2 N–H and O–H groups in total. The summed E-state index contributed by atoms with van der Waals surface area (Å²) in [5, 5.41) is 22.7. The summed E-state index contributed by atoms with van der Waals surface area (Å²) in [4.78, 5) is 21.1. The zero-order chi connectivity index (χ0) is 15.1. The van der Waals surface area contributed by atoms with Crippen LogP contribution in [0.5, 0.6) is 0 Å². The largest absolute Gasteiger partial charge is 0.478 e. The van der Waals surface area contributed by atoms with E-state index in [9.17, 15) is 14.9 Å². The van der Waals surface area contributed by atoms with Crippen molar-refractivity contribution in [2.45, 2.75) is 19.3 Å². The van der Waals surface area contributed by atoms with Gasteiger partial charge >= 0.3 is 5.97 Å². The van der Waals surface area contributed by atoms with E-state index in [2.05, 4.69) is 11.2 Å². The quantitative estimate of drug-likeness (QED) is 0.349. The van der Waals surface area contributed by atoms with Gasteiger partial charge in [-0.15, -0.1) is 12.3 Å². The summed E-state index contributed by atoms with van der Waals surface area (Å²) in [6.07, 6.45) is 7.31. The number of benzene rings is 1. The monoisotopic (exact) mass is 296 g/mol. The van der Waals surface area contributed by atoms with Gasteiger partial charge in [-0.3, -0.25) is 10.1 Å². The summed E-state index contributed by atoms with van der Waals surface area (Å²) in [6, 6.07) is 2.11. The molecular formula is C13H13ClN2O4. The second-order valence-electron chi connectivity index (χ2n) is 4.00. The summed E-state index contributed by atoms with van der Waals surface area (Å²) < 4.78 is 0. The van der Waals surface area contributed by atoms with E-state index in [1.165, 1.54) is 0 Å². The first-order chi connectivity index (χ1) is 9.47. The van der Waals surface area contributed by atoms with Gasteiger partial charge in [0.2, 0.25) is 0 Å². The maximum atomic E-state index is 11.1. The van der Waals surface area contributed by atoms with E-state index < -0.39 is 10.9 Å². The standard InChI is InChI=1S/C13H13ClN2O4/c1-2-3-4-5-6-15-12-10(13(17)18)7-9(16(19)20)8-11(12)14/h1,7-8,15H,3-6H2,(H,17,18). The maximum absolute atomic E-state index is 11.1. The van der Waals surface area contributed by atoms with Crippen molar-refractivity contribution in [1.29, 1.82) is 0 Å². The molecule has 0 amide bonds. The number of carboxylic acids is 1. The number of carboxylic acid groups (broad SMARTS) is 1. The SMILES string of the molecule is C#CCCCCNc1c(Cl)cc([N+](=O)[O-])cc1C(=O)O. The van der Waals surface area contributed by atoms with Crippen LogP contribution in [0.3, 0.4) is 0 Å². The number of nitro groups is 1. The van der Waals surface area contributed by atoms with E-state index in [1.807, 2.05) is 0 Å². The Hall–Kier alpha value is -2.26. The van der Waals surface area contributed by atoms with Crippen LogP contribution < -0.4 is 5.32 Å². The van der Waals surface area contributed by atoms with E-state index in [1.54, 1.807) is 0 Å². The fourth-order valence-corrected chi connectivity index (χ4v) is 1.89. The van der Waals surface area contributed by atoms with Gasteiger partial charge in [-0.25, -0.2) is 4.79 Å². The van der Waals surface area contributed by atoms with Crippen LogP contribution in [0.2, 0.25) is 5.02 Å². The number of anilines is 1. The lowest BCUT2D eigenvalue weighted by Crippen LogP contribution is -2.09. The Kier molecular flexibility index (Phi) is 5.81. The van der Waals surface area contributed by atoms with Crippen molar-refractivity contribution in [2.75, 3.05) is 11.9 Å². The Morgan fingerprint density at radius 1 is 1.50 bits per heavy atom. The zero-order valence-electron chi connectivity index (χ0n) is 10.6. The molecule has 1 aromatic rings. The van der Waals surface area contributed by atoms with Crippen LogP contribution in [-0.2, 0) is 0 Å². The molecule has 6 nitrogen and oxygen atoms in total. The molecule has 0 bridgehead atoms. The number of nitrogens with zero attached hydrogens (tertiary/aromatic N) is 1. The van der Waals surface area contributed by atoms with Gasteiger partial charge in [-0.1, -0.05) is 11.6 Å². The fourth-order valence-electron chi connectivity index (χ4n) is 1.61. The summed E-state index contributed by atoms with van der Waals surface area (Å²) in [6.45, 7) is 0.486. The predicted octanol–water partition coefficient (Wildman–Crippen LogP) is 3.16. The molecule has 0 heterocycles. The van der Waals surface area contributed by atoms with Gasteiger partial charge < -0.3 is 10.4 Å². The van der Waals surface area contributed by atoms with E-state index >= 15 is 0 Å². The molecule has 106 valence electrons. The van der Waals surface area contributed by atoms with Crippen molar-refractivity contribution in [2.24, 2.45) is 0 Å². The summed E-state index contributed by atoms with van der Waals surface area (Å²) >= 11 is 5.90. The Morgan fingerprint density at radius 3 is 2.75 bits per heavy atom. The molecule has 0 saturated carbocycles. The van der Waals surface area contributed by atoms with Crippen molar-refractivity contribution < 1.29 is 14.8 Å². The molecule has 0 radical (unpaired) electrons. The maximum Gasteiger partial charge on any atom is 0.338 e. The van der Waals surface area contributed by atoms with Crippen LogP contribution in [0.4, 0.5) is 11.4 Å². The summed E-state index contributed by atoms with van der Waals surface area (Å²) in [5.74, 6) is 1.23. The zero-order valence-corrected chi connectivity index (χ0v) is 11.3. The van der Waals surface area contributed by atoms with Gasteiger partial charge in [0.1, 0.15) is 0 Å². The van der Waals surface area contributed by atoms with E-state index in [0.717, 1.165) is 25.0 Å². The van der Waals surface area contributed by atoms with Crippen molar-refractivity contribution in [3.05, 3.63) is 32.8 Å². The third kappa shape index (κ3) is 4.14. The lowest BCUT2D eigenvalue weighted by atomic mass is 10.1. The Bertz CT molecular complexity index is 566. The molecule has 1 aromatic carbocycles. The average Bonchev–Trinajstić information content (AvgIpc) is 2.39. The van der Waals surface area contributed by atoms with Crippen molar-refractivity contribution in [1.82, 2.24) is 0 Å². The lowest BCUT2D eigenvalue weighted by molar-refractivity contribution is -0.384. The minimum absolute atomic E-state index is 0.00792. The third-order valence-corrected chi connectivity index (χ3v) is 2.86. The number of non-ortho nitro benzene ring substituents is 1. The molecule has 0 spiro atoms. The minimum Gasteiger partial charge on any atom is -0.478 e. The first kappa shape index (κ1) is 15.8. The molecule has 0 aliphatic heterocycles. The number of nitro benzene ring substituents is 1. The normalized spacial score (nSPS) is 9.80. The van der Waals surface area contributed by atoms with Crippen molar-refractivity contribution in [3.63, 3.8) is 0 Å². The number of unbranched alkanes of at least 4 members (excludes halogenated alkanes) is 2. The molecule has 1 rings (SSSR count). The second-order valence-corrected chi connectivity index (χ2v) is 4.41. The third-order valence-electron chi connectivity index (χ3n) is 2.57. The van der Waals surface area contributed by atoms with E-state index in [4.69, 9.17) is 23.1 Å². The summed E-state index contributed by atoms with van der Waals surface area (Å²) in [7, 11) is 0. The van der Waals surface area contributed by atoms with Crippen LogP contribution in [0.25, 0.3) is 0 Å². The second kappa shape index (κ2) is 7.36. The lowest BCUT2D eigenvalue weighted by Gasteiger charge is -2.11. The van der Waals surface area contributed by atoms with E-state index in [-0.39, 0.29) is 22.0 Å². The molecule has 7 heteroatoms. The molecule has 0 fully saturated rings. The molecule has 20 heavy (non-hydrogen) atoms. The number of hydrogen-bond acceptors (Lipinski definition) is 4. The summed E-state index contributed by atoms with van der Waals surface area (Å²) in [5.41, 5.74) is -0.392. The average molecular weight is 297 g/mol. The number of hydrogen-bond donors (Lipinski definition) is 2. The van der Waals surface area contributed by atoms with Crippen LogP contribution >= 0.6 is 11.6 Å². The van der Waals surface area contributed by atoms with Crippen LogP contribution in [0.15, 0.2) is 12.1 Å². The first-order valence-corrected chi connectivity index (χ1v) is 6.23. The van der Waals surface area contributed by atoms with Crippen LogP contribution in [-0.4, -0.2) is 22.5 Å². The van der Waals surface area contributed by atoms with Gasteiger partial charge in [0, 0.05) is 25.1 Å². The Labute approximate surface area is 120 Å². The van der Waals surface area contributed by atoms with Gasteiger partial charge in [0.05, 0.1) is 21.2 Å². The number of carbonyl (C=O) groups is 1. The first-order valence-electron chi connectivity index (χ1n) is 5.86. The highest BCUT2D eigenvalue weighted by Crippen LogP contribution is 2.31. The molecular weight excluding hydrogens is 284 g/mol. The van der Waals surface area contributed by atoms with Crippen LogP contribution in [0.1, 0.15) is 29.6 Å². The van der Waals surface area contributed by atoms with Crippen molar-refractivity contribution >= 4 is 28.9 Å². The Morgan fingerprint density at radius 2 is 2.20 bits per heavy atom. The number of terminal acetylenes is 1. The highest BCUT2D eigenvalue weighted by atomic mass is 35.5. The highest BCUT2D eigenvalue weighted by molar-refractivity contribution is 6.34. The molecule has 0 saturated heterocycles. The van der Waals surface area contributed by atoms with Crippen molar-refractivity contribution in [3.8, 4) is 12.3 Å². The highest BCUT2D eigenvalue weighted by Gasteiger charge is 2.19. The van der Waals surface area contributed by atoms with Gasteiger partial charge in [-0.05, 0) is 12.8 Å². The smallest absolute Gasteiger partial charge is 0.338 e. The van der Waals surface area contributed by atoms with Gasteiger partial charge in [0.25, 0.3) is 5.69 Å². The molecule has 0 aromatic heterocycles. The number of rotatable bonds is 7. The molecule has 0 aliphatic carbocycles. The number of nitrogens with one attached hydrogen (secondary N) is 1. The topological polar surface area (TPSA) is 92.5 Å². The fraction of sp³-hybridized carbons (Fsp3) is 0.308. The molecule has 0 aliphatic rings. The number of aromatic carboxylic acids is 1. The van der Waals surface area contributed by atoms with E-state index in [0.29, 0.717) is 13.0 Å². The van der Waals surface area contributed by atoms with Gasteiger partial charge in [0.15, 0.2) is 0 Å². The predicted molar refractivity (Wildman–Crippen MR) is 76.2 cm³/mol. The molecule has 0 atom stereocenters. The Balaban J connectivity index is 2.92. The molecule has 0 unspecified atom stereocenters. The minimum atomic E-state index is -1.28. The van der Waals surface area contributed by atoms with Crippen LogP contribution in [0, 0.1) is 22.5 Å².